The lowest BCUT2D eigenvalue weighted by Crippen LogP contribution is -2.45. The molecule has 0 aromatic heterocycles. The second-order valence-electron chi connectivity index (χ2n) is 6.52. The number of para-hydroxylation sites is 1. The van der Waals surface area contributed by atoms with Gasteiger partial charge in [-0.25, -0.2) is 5.01 Å². The molecule has 0 radical (unpaired) electrons. The number of hydrogen-bond acceptors (Lipinski definition) is 4. The maximum atomic E-state index is 13.4. The zero-order chi connectivity index (χ0) is 18.4. The highest BCUT2D eigenvalue weighted by molar-refractivity contribution is 9.10. The van der Waals surface area contributed by atoms with Gasteiger partial charge in [0, 0.05) is 4.47 Å². The highest BCUT2D eigenvalue weighted by Gasteiger charge is 2.48. The van der Waals surface area contributed by atoms with Gasteiger partial charge < -0.3 is 4.74 Å². The van der Waals surface area contributed by atoms with Crippen LogP contribution in [0.25, 0.3) is 0 Å². The minimum atomic E-state index is -0.496. The highest BCUT2D eigenvalue weighted by atomic mass is 79.9. The average Bonchev–Trinajstić information content (AvgIpc) is 3.10. The fourth-order valence-corrected chi connectivity index (χ4v) is 3.97. The zero-order valence-electron chi connectivity index (χ0n) is 14.2. The Kier molecular flexibility index (Phi) is 3.83. The number of Topliss-reactive ketones (excluding diaryl/α,β-unsaturated/α-hetero) is 1. The molecule has 2 atom stereocenters. The van der Waals surface area contributed by atoms with Crippen LogP contribution in [0.4, 0.5) is 5.69 Å². The minimum Gasteiger partial charge on any atom is -0.467 e. The lowest BCUT2D eigenvalue weighted by atomic mass is 9.86. The van der Waals surface area contributed by atoms with E-state index in [-0.39, 0.29) is 5.78 Å². The smallest absolute Gasteiger partial charge is 0.207 e. The molecule has 5 heteroatoms. The van der Waals surface area contributed by atoms with Crippen molar-refractivity contribution in [1.82, 2.24) is 0 Å². The van der Waals surface area contributed by atoms with E-state index in [9.17, 15) is 4.79 Å². The van der Waals surface area contributed by atoms with E-state index in [1.807, 2.05) is 83.9 Å². The first-order valence-electron chi connectivity index (χ1n) is 8.71. The second-order valence-corrected chi connectivity index (χ2v) is 7.44. The van der Waals surface area contributed by atoms with Gasteiger partial charge in [-0.3, -0.25) is 4.79 Å². The van der Waals surface area contributed by atoms with Crippen molar-refractivity contribution in [2.24, 2.45) is 11.0 Å². The number of carbonyl (C=O) groups excluding carboxylic acids is 1. The van der Waals surface area contributed by atoms with Crippen molar-refractivity contribution < 1.29 is 9.53 Å². The molecule has 0 N–H and O–H groups in total. The van der Waals surface area contributed by atoms with Crippen LogP contribution in [0.15, 0.2) is 88.4 Å². The molecule has 0 fully saturated rings. The highest BCUT2D eigenvalue weighted by Crippen LogP contribution is 2.40. The molecule has 27 heavy (non-hydrogen) atoms. The molecule has 0 spiro atoms. The van der Waals surface area contributed by atoms with Gasteiger partial charge >= 0.3 is 0 Å². The third-order valence-corrected chi connectivity index (χ3v) is 5.36. The normalized spacial score (nSPS) is 20.6. The van der Waals surface area contributed by atoms with Crippen LogP contribution < -0.4 is 9.75 Å². The van der Waals surface area contributed by atoms with Crippen LogP contribution in [0, 0.1) is 5.92 Å². The standard InChI is InChI=1S/C22H15BrN2O2/c23-15-11-12-18-17(13-15)21(26)19-20(14-7-3-1-4-8-14)24-25(22(19)27-18)16-9-5-2-6-10-16/h1-13,19,22H. The van der Waals surface area contributed by atoms with Crippen LogP contribution in [-0.4, -0.2) is 17.7 Å². The van der Waals surface area contributed by atoms with Crippen molar-refractivity contribution in [2.45, 2.75) is 6.23 Å². The Hall–Kier alpha value is -2.92. The first kappa shape index (κ1) is 16.3. The molecule has 2 aliphatic heterocycles. The van der Waals surface area contributed by atoms with Gasteiger partial charge in [0.15, 0.2) is 5.78 Å². The van der Waals surface area contributed by atoms with Crippen molar-refractivity contribution >= 4 is 33.1 Å². The molecule has 2 heterocycles. The maximum Gasteiger partial charge on any atom is 0.207 e. The molecule has 132 valence electrons. The Morgan fingerprint density at radius 1 is 0.926 bits per heavy atom. The molecule has 2 unspecified atom stereocenters. The molecule has 0 saturated heterocycles. The van der Waals surface area contributed by atoms with E-state index in [0.717, 1.165) is 21.4 Å². The summed E-state index contributed by atoms with van der Waals surface area (Å²) in [6, 6.07) is 25.2. The largest absolute Gasteiger partial charge is 0.467 e. The third kappa shape index (κ3) is 2.66. The van der Waals surface area contributed by atoms with Gasteiger partial charge in [-0.05, 0) is 35.9 Å². The van der Waals surface area contributed by atoms with Crippen LogP contribution in [0.5, 0.6) is 5.75 Å². The SMILES string of the molecule is O=C1c2cc(Br)ccc2OC2C1C(c1ccccc1)=NN2c1ccccc1. The number of hydrogen-bond donors (Lipinski definition) is 0. The van der Waals surface area contributed by atoms with Crippen LogP contribution in [0.1, 0.15) is 15.9 Å². The summed E-state index contributed by atoms with van der Waals surface area (Å²) in [4.78, 5) is 13.4. The van der Waals surface area contributed by atoms with Crippen LogP contribution in [0.3, 0.4) is 0 Å². The molecule has 0 amide bonds. The number of halogens is 1. The van der Waals surface area contributed by atoms with E-state index in [4.69, 9.17) is 9.84 Å². The number of ketones is 1. The molecule has 4 nitrogen and oxygen atoms in total. The van der Waals surface area contributed by atoms with E-state index in [1.165, 1.54) is 0 Å². The van der Waals surface area contributed by atoms with Crippen molar-refractivity contribution in [3.8, 4) is 5.75 Å². The number of anilines is 1. The van der Waals surface area contributed by atoms with Crippen molar-refractivity contribution in [3.05, 3.63) is 94.5 Å². The number of rotatable bonds is 2. The summed E-state index contributed by atoms with van der Waals surface area (Å²) in [7, 11) is 0. The Balaban J connectivity index is 1.67. The molecule has 0 bridgehead atoms. The Bertz CT molecular complexity index is 1050. The summed E-state index contributed by atoms with van der Waals surface area (Å²) in [5.41, 5.74) is 3.15. The van der Waals surface area contributed by atoms with E-state index in [0.29, 0.717) is 11.3 Å². The molecule has 0 saturated carbocycles. The van der Waals surface area contributed by atoms with Crippen LogP contribution >= 0.6 is 15.9 Å². The summed E-state index contributed by atoms with van der Waals surface area (Å²) in [6.07, 6.45) is -0.496. The number of fused-ring (bicyclic) bond motifs is 2. The number of benzene rings is 3. The summed E-state index contributed by atoms with van der Waals surface area (Å²) in [5, 5.41) is 6.64. The number of ether oxygens (including phenoxy) is 1. The molecular weight excluding hydrogens is 404 g/mol. The summed E-state index contributed by atoms with van der Waals surface area (Å²) >= 11 is 3.45. The van der Waals surface area contributed by atoms with E-state index < -0.39 is 12.1 Å². The summed E-state index contributed by atoms with van der Waals surface area (Å²) in [6.45, 7) is 0. The number of hydrazone groups is 1. The van der Waals surface area contributed by atoms with E-state index >= 15 is 0 Å². The molecule has 3 aromatic carbocycles. The zero-order valence-corrected chi connectivity index (χ0v) is 15.8. The van der Waals surface area contributed by atoms with Gasteiger partial charge in [-0.2, -0.15) is 5.10 Å². The Labute approximate surface area is 165 Å². The fourth-order valence-electron chi connectivity index (χ4n) is 3.61. The van der Waals surface area contributed by atoms with Crippen molar-refractivity contribution in [3.63, 3.8) is 0 Å². The Morgan fingerprint density at radius 2 is 1.63 bits per heavy atom. The average molecular weight is 419 g/mol. The molecule has 0 aliphatic carbocycles. The summed E-state index contributed by atoms with van der Waals surface area (Å²) in [5.74, 6) is 0.146. The van der Waals surface area contributed by atoms with Crippen LogP contribution in [0.2, 0.25) is 0 Å². The summed E-state index contributed by atoms with van der Waals surface area (Å²) < 4.78 is 7.12. The van der Waals surface area contributed by atoms with E-state index in [1.54, 1.807) is 0 Å². The molecular formula is C22H15BrN2O2. The van der Waals surface area contributed by atoms with Gasteiger partial charge in [0.25, 0.3) is 0 Å². The molecule has 5 rings (SSSR count). The van der Waals surface area contributed by atoms with Crippen molar-refractivity contribution in [2.75, 3.05) is 5.01 Å². The fraction of sp³-hybridized carbons (Fsp3) is 0.0909. The van der Waals surface area contributed by atoms with Gasteiger partial charge in [0.2, 0.25) is 6.23 Å². The topological polar surface area (TPSA) is 41.9 Å². The lowest BCUT2D eigenvalue weighted by Gasteiger charge is -2.32. The molecule has 3 aromatic rings. The predicted octanol–water partition coefficient (Wildman–Crippen LogP) is 4.89. The Morgan fingerprint density at radius 3 is 2.37 bits per heavy atom. The second kappa shape index (κ2) is 6.35. The minimum absolute atomic E-state index is 0.0311. The van der Waals surface area contributed by atoms with Gasteiger partial charge in [0.05, 0.1) is 17.0 Å². The first-order chi connectivity index (χ1) is 13.2. The quantitative estimate of drug-likeness (QED) is 0.594. The van der Waals surface area contributed by atoms with Gasteiger partial charge in [-0.15, -0.1) is 0 Å². The van der Waals surface area contributed by atoms with Crippen molar-refractivity contribution in [1.29, 1.82) is 0 Å². The number of nitrogens with zero attached hydrogens (tertiary/aromatic N) is 2. The maximum absolute atomic E-state index is 13.4. The van der Waals surface area contributed by atoms with Gasteiger partial charge in [0.1, 0.15) is 11.7 Å². The lowest BCUT2D eigenvalue weighted by molar-refractivity contribution is 0.0787. The van der Waals surface area contributed by atoms with Gasteiger partial charge in [-0.1, -0.05) is 64.5 Å². The number of carbonyl (C=O) groups is 1. The van der Waals surface area contributed by atoms with E-state index in [2.05, 4.69) is 15.9 Å². The van der Waals surface area contributed by atoms with Crippen LogP contribution in [-0.2, 0) is 0 Å². The monoisotopic (exact) mass is 418 g/mol. The predicted molar refractivity (Wildman–Crippen MR) is 108 cm³/mol. The first-order valence-corrected chi connectivity index (χ1v) is 9.50. The third-order valence-electron chi connectivity index (χ3n) is 4.86. The molecule has 2 aliphatic rings.